The van der Waals surface area contributed by atoms with Gasteiger partial charge in [0.05, 0.1) is 12.4 Å². The second-order valence-electron chi connectivity index (χ2n) is 7.86. The van der Waals surface area contributed by atoms with Gasteiger partial charge in [-0.15, -0.1) is 0 Å². The summed E-state index contributed by atoms with van der Waals surface area (Å²) in [6.07, 6.45) is 4.32. The Bertz CT molecular complexity index is 1190. The van der Waals surface area contributed by atoms with Crippen LogP contribution in [0.2, 0.25) is 0 Å². The number of ether oxygens (including phenoxy) is 1. The largest absolute Gasteiger partial charge is 0.494 e. The number of aromatic amines is 1. The van der Waals surface area contributed by atoms with E-state index in [0.717, 1.165) is 40.8 Å². The van der Waals surface area contributed by atoms with Crippen molar-refractivity contribution in [2.24, 2.45) is 0 Å². The number of hydrogen-bond donors (Lipinski definition) is 0. The summed E-state index contributed by atoms with van der Waals surface area (Å²) in [5, 5.41) is 1.53. The first kappa shape index (κ1) is 21.8. The number of allylic oxidation sites excluding steroid dienone is 1. The van der Waals surface area contributed by atoms with E-state index in [2.05, 4.69) is 11.6 Å². The van der Waals surface area contributed by atoms with E-state index in [0.29, 0.717) is 23.9 Å². The first-order valence-electron chi connectivity index (χ1n) is 10.6. The maximum absolute atomic E-state index is 13.4. The van der Waals surface area contributed by atoms with Gasteiger partial charge in [0.2, 0.25) is 0 Å². The molecule has 5 nitrogen and oxygen atoms in total. The number of ketones is 1. The van der Waals surface area contributed by atoms with Crippen LogP contribution >= 0.6 is 23.1 Å². The summed E-state index contributed by atoms with van der Waals surface area (Å²) in [6, 6.07) is 7.20. The van der Waals surface area contributed by atoms with Gasteiger partial charge < -0.3 is 4.74 Å². The van der Waals surface area contributed by atoms with Gasteiger partial charge in [0.25, 0.3) is 0 Å². The Balaban J connectivity index is 1.63. The third-order valence-corrected chi connectivity index (χ3v) is 7.56. The Kier molecular flexibility index (Phi) is 6.62. The molecule has 0 bridgehead atoms. The minimum Gasteiger partial charge on any atom is -0.494 e. The molecule has 0 amide bonds. The van der Waals surface area contributed by atoms with Crippen LogP contribution in [-0.4, -0.2) is 22.7 Å². The standard InChI is InChI=1S/C24H26N2O3S2/c1-4-29-17-11-9-16(10-12-17)19(27)14-30-24-25-22-21(23(28)26(24)13-15(2)3)18-7-5-6-8-20(18)31-22/h9-12H,2,4-8,13-14H2,1,3H3/p+1. The van der Waals surface area contributed by atoms with Gasteiger partial charge in [-0.25, -0.2) is 9.78 Å². The summed E-state index contributed by atoms with van der Waals surface area (Å²) in [4.78, 5) is 31.9. The van der Waals surface area contributed by atoms with Gasteiger partial charge in [-0.05, 0) is 86.7 Å². The number of thioether (sulfide) groups is 1. The minimum absolute atomic E-state index is 0.0151. The Morgan fingerprint density at radius 2 is 2.00 bits per heavy atom. The van der Waals surface area contributed by atoms with Crippen molar-refractivity contribution in [2.45, 2.75) is 51.2 Å². The van der Waals surface area contributed by atoms with E-state index in [-0.39, 0.29) is 17.1 Å². The van der Waals surface area contributed by atoms with Gasteiger partial charge in [0.15, 0.2) is 10.6 Å². The highest BCUT2D eigenvalue weighted by Crippen LogP contribution is 2.33. The number of Topliss-reactive ketones (excluding diaryl/α,β-unsaturated/α-hetero) is 1. The second kappa shape index (κ2) is 9.40. The van der Waals surface area contributed by atoms with E-state index in [1.165, 1.54) is 28.6 Å². The zero-order valence-electron chi connectivity index (χ0n) is 18.0. The molecule has 1 aliphatic rings. The van der Waals surface area contributed by atoms with E-state index in [1.54, 1.807) is 28.0 Å². The van der Waals surface area contributed by atoms with Gasteiger partial charge in [0.1, 0.15) is 17.7 Å². The maximum atomic E-state index is 13.4. The molecule has 7 heteroatoms. The molecule has 0 fully saturated rings. The molecule has 0 aliphatic heterocycles. The Morgan fingerprint density at radius 3 is 2.71 bits per heavy atom. The predicted molar refractivity (Wildman–Crippen MR) is 127 cm³/mol. The van der Waals surface area contributed by atoms with Crippen LogP contribution in [-0.2, 0) is 19.4 Å². The fourth-order valence-electron chi connectivity index (χ4n) is 3.92. The number of nitrogens with zero attached hydrogens (tertiary/aromatic N) is 1. The number of rotatable bonds is 8. The number of thiophene rings is 1. The minimum atomic E-state index is 0.0151. The van der Waals surface area contributed by atoms with Gasteiger partial charge in [0, 0.05) is 10.4 Å². The van der Waals surface area contributed by atoms with Crippen LogP contribution in [0.5, 0.6) is 5.75 Å². The molecule has 31 heavy (non-hydrogen) atoms. The number of aromatic nitrogens is 2. The van der Waals surface area contributed by atoms with Crippen molar-refractivity contribution in [1.29, 1.82) is 0 Å². The highest BCUT2D eigenvalue weighted by molar-refractivity contribution is 7.99. The van der Waals surface area contributed by atoms with Crippen molar-refractivity contribution in [3.05, 3.63) is 62.8 Å². The van der Waals surface area contributed by atoms with Gasteiger partial charge in [-0.1, -0.05) is 17.9 Å². The van der Waals surface area contributed by atoms with Crippen LogP contribution in [0.25, 0.3) is 10.2 Å². The highest BCUT2D eigenvalue weighted by Gasteiger charge is 2.27. The van der Waals surface area contributed by atoms with Crippen molar-refractivity contribution >= 4 is 39.1 Å². The van der Waals surface area contributed by atoms with Crippen LogP contribution in [0.1, 0.15) is 47.5 Å². The van der Waals surface area contributed by atoms with E-state index < -0.39 is 0 Å². The molecule has 3 aromatic rings. The van der Waals surface area contributed by atoms with Crippen molar-refractivity contribution in [2.75, 3.05) is 12.4 Å². The molecule has 1 N–H and O–H groups in total. The lowest BCUT2D eigenvalue weighted by Crippen LogP contribution is -2.30. The molecule has 1 aliphatic carbocycles. The normalized spacial score (nSPS) is 13.2. The smallest absolute Gasteiger partial charge is 0.347 e. The molecular formula is C24H27N2O3S2+. The number of hydrogen-bond acceptors (Lipinski definition) is 5. The molecule has 0 spiro atoms. The SMILES string of the molecule is C=C(C)Cn1c(SCC(=O)c2ccc(OCC)cc2)[nH+]c2sc3c(c2c1=O)CCCC3. The van der Waals surface area contributed by atoms with Gasteiger partial charge in [-0.2, -0.15) is 4.57 Å². The molecule has 0 saturated heterocycles. The lowest BCUT2D eigenvalue weighted by molar-refractivity contribution is -0.404. The van der Waals surface area contributed by atoms with E-state index in [9.17, 15) is 9.59 Å². The molecule has 0 radical (unpaired) electrons. The molecule has 0 saturated carbocycles. The second-order valence-corrected chi connectivity index (χ2v) is 9.93. The topological polar surface area (TPSA) is 62.4 Å². The molecule has 0 unspecified atom stereocenters. The van der Waals surface area contributed by atoms with E-state index >= 15 is 0 Å². The quantitative estimate of drug-likeness (QED) is 0.214. The third-order valence-electron chi connectivity index (χ3n) is 5.35. The number of aryl methyl sites for hydroxylation is 2. The predicted octanol–water partition coefficient (Wildman–Crippen LogP) is 4.71. The van der Waals surface area contributed by atoms with Gasteiger partial charge >= 0.3 is 10.7 Å². The highest BCUT2D eigenvalue weighted by atomic mass is 32.2. The lowest BCUT2D eigenvalue weighted by Gasteiger charge is -2.10. The maximum Gasteiger partial charge on any atom is 0.347 e. The van der Waals surface area contributed by atoms with Crippen molar-refractivity contribution in [3.63, 3.8) is 0 Å². The van der Waals surface area contributed by atoms with Crippen LogP contribution in [0.4, 0.5) is 0 Å². The summed E-state index contributed by atoms with van der Waals surface area (Å²) in [7, 11) is 0. The summed E-state index contributed by atoms with van der Waals surface area (Å²) >= 11 is 3.06. The van der Waals surface area contributed by atoms with Crippen LogP contribution in [0.3, 0.4) is 0 Å². The summed E-state index contributed by atoms with van der Waals surface area (Å²) in [6.45, 7) is 8.87. The molecule has 4 rings (SSSR count). The number of nitrogens with one attached hydrogen (secondary N) is 1. The Hall–Kier alpha value is -2.38. The van der Waals surface area contributed by atoms with E-state index in [4.69, 9.17) is 4.74 Å². The number of benzene rings is 1. The molecular weight excluding hydrogens is 428 g/mol. The average Bonchev–Trinajstić information content (AvgIpc) is 3.13. The lowest BCUT2D eigenvalue weighted by atomic mass is 9.97. The fraction of sp³-hybridized carbons (Fsp3) is 0.375. The first-order chi connectivity index (χ1) is 15.0. The zero-order chi connectivity index (χ0) is 22.0. The van der Waals surface area contributed by atoms with Crippen LogP contribution < -0.4 is 15.3 Å². The number of carbonyl (C=O) groups excluding carboxylic acids is 1. The van der Waals surface area contributed by atoms with E-state index in [1.807, 2.05) is 26.0 Å². The molecule has 2 heterocycles. The molecule has 162 valence electrons. The fourth-order valence-corrected chi connectivity index (χ4v) is 6.18. The number of H-pyrrole nitrogens is 1. The summed E-state index contributed by atoms with van der Waals surface area (Å²) in [5.74, 6) is 1.01. The van der Waals surface area contributed by atoms with Gasteiger partial charge in [-0.3, -0.25) is 4.79 Å². The average molecular weight is 456 g/mol. The molecule has 0 atom stereocenters. The molecule has 2 aromatic heterocycles. The zero-order valence-corrected chi connectivity index (χ0v) is 19.6. The molecule has 1 aromatic carbocycles. The van der Waals surface area contributed by atoms with Crippen molar-refractivity contribution in [1.82, 2.24) is 4.57 Å². The Labute approximate surface area is 190 Å². The van der Waals surface area contributed by atoms with Crippen molar-refractivity contribution < 1.29 is 14.5 Å². The Morgan fingerprint density at radius 1 is 1.26 bits per heavy atom. The summed E-state index contributed by atoms with van der Waals surface area (Å²) < 4.78 is 7.18. The number of fused-ring (bicyclic) bond motifs is 3. The summed E-state index contributed by atoms with van der Waals surface area (Å²) in [5.41, 5.74) is 2.77. The third kappa shape index (κ3) is 4.62. The first-order valence-corrected chi connectivity index (χ1v) is 12.4. The van der Waals surface area contributed by atoms with Crippen LogP contribution in [0, 0.1) is 0 Å². The van der Waals surface area contributed by atoms with Crippen molar-refractivity contribution in [3.8, 4) is 5.75 Å². The number of carbonyl (C=O) groups is 1. The van der Waals surface area contributed by atoms with Crippen LogP contribution in [0.15, 0.2) is 46.4 Å². The monoisotopic (exact) mass is 455 g/mol.